The molecule has 17 heavy (non-hydrogen) atoms. The first-order valence-corrected chi connectivity index (χ1v) is 5.30. The van der Waals surface area contributed by atoms with Crippen LogP contribution in [0, 0.1) is 6.92 Å². The van der Waals surface area contributed by atoms with E-state index in [1.165, 1.54) is 0 Å². The smallest absolute Gasteiger partial charge is 0.243 e. The van der Waals surface area contributed by atoms with Crippen LogP contribution >= 0.6 is 11.6 Å². The minimum Gasteiger partial charge on any atom is -0.346 e. The lowest BCUT2D eigenvalue weighted by atomic mass is 10.2. The Balaban J connectivity index is 2.59. The van der Waals surface area contributed by atoms with Crippen LogP contribution in [0.5, 0.6) is 0 Å². The van der Waals surface area contributed by atoms with Crippen molar-refractivity contribution in [3.63, 3.8) is 0 Å². The third-order valence-corrected chi connectivity index (χ3v) is 2.30. The number of hydrogen-bond acceptors (Lipinski definition) is 4. The first-order valence-electron chi connectivity index (χ1n) is 4.92. The average Bonchev–Trinajstić information content (AvgIpc) is 2.31. The molecule has 1 aromatic heterocycles. The SMILES string of the molecule is Cc1ccnc(Cl)c1NC(=O)CNC(=O)CN. The summed E-state index contributed by atoms with van der Waals surface area (Å²) in [6, 6.07) is 1.72. The van der Waals surface area contributed by atoms with E-state index in [0.29, 0.717) is 5.69 Å². The Kier molecular flexibility index (Phi) is 4.86. The summed E-state index contributed by atoms with van der Waals surface area (Å²) in [4.78, 5) is 26.2. The summed E-state index contributed by atoms with van der Waals surface area (Å²) in [5.74, 6) is -0.779. The van der Waals surface area contributed by atoms with Crippen molar-refractivity contribution >= 4 is 29.1 Å². The molecular weight excluding hydrogens is 244 g/mol. The topological polar surface area (TPSA) is 97.1 Å². The van der Waals surface area contributed by atoms with Crippen LogP contribution in [0.25, 0.3) is 0 Å². The fraction of sp³-hybridized carbons (Fsp3) is 0.300. The van der Waals surface area contributed by atoms with Gasteiger partial charge in [0, 0.05) is 6.20 Å². The van der Waals surface area contributed by atoms with Crippen LogP contribution in [0.4, 0.5) is 5.69 Å². The Morgan fingerprint density at radius 1 is 1.47 bits per heavy atom. The van der Waals surface area contributed by atoms with Gasteiger partial charge in [-0.3, -0.25) is 9.59 Å². The average molecular weight is 257 g/mol. The van der Waals surface area contributed by atoms with E-state index >= 15 is 0 Å². The summed E-state index contributed by atoms with van der Waals surface area (Å²) < 4.78 is 0. The van der Waals surface area contributed by atoms with Gasteiger partial charge in [-0.15, -0.1) is 0 Å². The Bertz CT molecular complexity index is 416. The van der Waals surface area contributed by atoms with Gasteiger partial charge in [-0.1, -0.05) is 11.6 Å². The second-order valence-corrected chi connectivity index (χ2v) is 3.68. The van der Waals surface area contributed by atoms with E-state index in [-0.39, 0.29) is 24.1 Å². The van der Waals surface area contributed by atoms with Crippen molar-refractivity contribution in [1.82, 2.24) is 10.3 Å². The molecule has 2 amide bonds. The molecule has 0 spiro atoms. The highest BCUT2D eigenvalue weighted by Crippen LogP contribution is 2.22. The second kappa shape index (κ2) is 6.17. The van der Waals surface area contributed by atoms with Gasteiger partial charge in [-0.2, -0.15) is 0 Å². The summed E-state index contributed by atoms with van der Waals surface area (Å²) in [6.45, 7) is 1.49. The zero-order valence-corrected chi connectivity index (χ0v) is 10.0. The maximum absolute atomic E-state index is 11.5. The van der Waals surface area contributed by atoms with Crippen molar-refractivity contribution in [2.75, 3.05) is 18.4 Å². The van der Waals surface area contributed by atoms with Crippen LogP contribution in [-0.2, 0) is 9.59 Å². The lowest BCUT2D eigenvalue weighted by Gasteiger charge is -2.09. The summed E-state index contributed by atoms with van der Waals surface area (Å²) in [5, 5.41) is 5.13. The van der Waals surface area contributed by atoms with Crippen molar-refractivity contribution in [1.29, 1.82) is 0 Å². The molecule has 0 unspecified atom stereocenters. The highest BCUT2D eigenvalue weighted by atomic mass is 35.5. The lowest BCUT2D eigenvalue weighted by Crippen LogP contribution is -2.36. The molecule has 1 heterocycles. The zero-order valence-electron chi connectivity index (χ0n) is 9.29. The second-order valence-electron chi connectivity index (χ2n) is 3.32. The van der Waals surface area contributed by atoms with Crippen LogP contribution in [0.3, 0.4) is 0 Å². The number of aryl methyl sites for hydroxylation is 1. The number of amides is 2. The molecule has 0 aliphatic carbocycles. The van der Waals surface area contributed by atoms with Crippen molar-refractivity contribution in [2.24, 2.45) is 5.73 Å². The molecule has 1 rings (SSSR count). The van der Waals surface area contributed by atoms with Gasteiger partial charge in [0.1, 0.15) is 0 Å². The first kappa shape index (κ1) is 13.4. The third kappa shape index (κ3) is 4.01. The number of nitrogens with zero attached hydrogens (tertiary/aromatic N) is 1. The van der Waals surface area contributed by atoms with E-state index in [4.69, 9.17) is 17.3 Å². The summed E-state index contributed by atoms with van der Waals surface area (Å²) in [5.41, 5.74) is 6.32. The van der Waals surface area contributed by atoms with E-state index in [1.54, 1.807) is 19.2 Å². The lowest BCUT2D eigenvalue weighted by molar-refractivity contribution is -0.123. The number of carbonyl (C=O) groups excluding carboxylic acids is 2. The van der Waals surface area contributed by atoms with Crippen LogP contribution in [0.2, 0.25) is 5.15 Å². The number of pyridine rings is 1. The van der Waals surface area contributed by atoms with E-state index in [0.717, 1.165) is 5.56 Å². The van der Waals surface area contributed by atoms with Crippen molar-refractivity contribution in [2.45, 2.75) is 6.92 Å². The predicted octanol–water partition coefficient (Wildman–Crippen LogP) is 0.0568. The number of hydrogen-bond donors (Lipinski definition) is 3. The highest BCUT2D eigenvalue weighted by molar-refractivity contribution is 6.32. The van der Waals surface area contributed by atoms with E-state index < -0.39 is 5.91 Å². The quantitative estimate of drug-likeness (QED) is 0.664. The van der Waals surface area contributed by atoms with Gasteiger partial charge in [0.15, 0.2) is 5.15 Å². The number of nitrogens with two attached hydrogens (primary N) is 1. The molecule has 0 saturated carbocycles. The van der Waals surface area contributed by atoms with Crippen molar-refractivity contribution in [3.8, 4) is 0 Å². The molecule has 4 N–H and O–H groups in total. The van der Waals surface area contributed by atoms with Crippen LogP contribution < -0.4 is 16.4 Å². The highest BCUT2D eigenvalue weighted by Gasteiger charge is 2.09. The molecular formula is C10H13ClN4O2. The van der Waals surface area contributed by atoms with E-state index in [1.807, 2.05) is 0 Å². The number of anilines is 1. The molecule has 0 bridgehead atoms. The van der Waals surface area contributed by atoms with Gasteiger partial charge in [-0.25, -0.2) is 4.98 Å². The fourth-order valence-electron chi connectivity index (χ4n) is 1.11. The molecule has 92 valence electrons. The van der Waals surface area contributed by atoms with Gasteiger partial charge in [0.05, 0.1) is 18.8 Å². The van der Waals surface area contributed by atoms with Gasteiger partial charge in [0.25, 0.3) is 0 Å². The van der Waals surface area contributed by atoms with E-state index in [9.17, 15) is 9.59 Å². The largest absolute Gasteiger partial charge is 0.346 e. The molecule has 0 aliphatic heterocycles. The number of aromatic nitrogens is 1. The molecule has 7 heteroatoms. The standard InChI is InChI=1S/C10H13ClN4O2/c1-6-2-3-13-10(11)9(6)15-8(17)5-14-7(16)4-12/h2-3H,4-5,12H2,1H3,(H,14,16)(H,15,17). The molecule has 6 nitrogen and oxygen atoms in total. The van der Waals surface area contributed by atoms with Crippen molar-refractivity contribution < 1.29 is 9.59 Å². The Morgan fingerprint density at radius 2 is 2.18 bits per heavy atom. The minimum absolute atomic E-state index is 0.152. The van der Waals surface area contributed by atoms with Gasteiger partial charge >= 0.3 is 0 Å². The molecule has 0 aromatic carbocycles. The molecule has 0 radical (unpaired) electrons. The Hall–Kier alpha value is -1.66. The zero-order chi connectivity index (χ0) is 12.8. The molecule has 0 saturated heterocycles. The molecule has 1 aromatic rings. The fourth-order valence-corrected chi connectivity index (χ4v) is 1.36. The summed E-state index contributed by atoms with van der Waals surface area (Å²) in [6.07, 6.45) is 1.55. The number of nitrogens with one attached hydrogen (secondary N) is 2. The number of rotatable bonds is 4. The van der Waals surface area contributed by atoms with Gasteiger partial charge in [0.2, 0.25) is 11.8 Å². The van der Waals surface area contributed by atoms with Crippen molar-refractivity contribution in [3.05, 3.63) is 23.0 Å². The number of halogens is 1. The predicted molar refractivity (Wildman–Crippen MR) is 64.7 cm³/mol. The maximum Gasteiger partial charge on any atom is 0.243 e. The van der Waals surface area contributed by atoms with Crippen LogP contribution in [-0.4, -0.2) is 29.9 Å². The van der Waals surface area contributed by atoms with Crippen LogP contribution in [0.15, 0.2) is 12.3 Å². The third-order valence-electron chi connectivity index (χ3n) is 2.01. The summed E-state index contributed by atoms with van der Waals surface area (Å²) in [7, 11) is 0. The molecule has 0 atom stereocenters. The van der Waals surface area contributed by atoms with Gasteiger partial charge in [-0.05, 0) is 18.6 Å². The summed E-state index contributed by atoms with van der Waals surface area (Å²) >= 11 is 5.83. The molecule has 0 fully saturated rings. The minimum atomic E-state index is -0.394. The van der Waals surface area contributed by atoms with E-state index in [2.05, 4.69) is 15.6 Å². The number of carbonyl (C=O) groups is 2. The normalized spacial score (nSPS) is 9.82. The molecule has 0 aliphatic rings. The first-order chi connectivity index (χ1) is 8.04. The monoisotopic (exact) mass is 256 g/mol. The van der Waals surface area contributed by atoms with Gasteiger partial charge < -0.3 is 16.4 Å². The maximum atomic E-state index is 11.5. The Morgan fingerprint density at radius 3 is 2.76 bits per heavy atom. The van der Waals surface area contributed by atoms with Crippen LogP contribution in [0.1, 0.15) is 5.56 Å². The Labute approximate surface area is 104 Å².